The lowest BCUT2D eigenvalue weighted by atomic mass is 10.1. The number of fused-ring (bicyclic) bond motifs is 2. The Hall–Kier alpha value is -3.94. The minimum atomic E-state index is -5.08. The largest absolute Gasteiger partial charge is 0.490 e. The molecule has 3 N–H and O–H groups in total. The molecule has 1 atom stereocenters. The van der Waals surface area contributed by atoms with Crippen molar-refractivity contribution in [1.82, 2.24) is 24.7 Å². The summed E-state index contributed by atoms with van der Waals surface area (Å²) in [5, 5.41) is 13.5. The summed E-state index contributed by atoms with van der Waals surface area (Å²) in [7, 11) is 0. The number of hydrogen-bond donors (Lipinski definition) is 3. The summed E-state index contributed by atoms with van der Waals surface area (Å²) in [6.45, 7) is 7.61. The van der Waals surface area contributed by atoms with Crippen LogP contribution in [-0.2, 0) is 11.2 Å². The summed E-state index contributed by atoms with van der Waals surface area (Å²) in [6.07, 6.45) is 2.86. The molecule has 0 unspecified atom stereocenters. The zero-order valence-electron chi connectivity index (χ0n) is 19.6. The highest BCUT2D eigenvalue weighted by atomic mass is 19.4. The van der Waals surface area contributed by atoms with Crippen LogP contribution in [0.5, 0.6) is 0 Å². The number of nitrogens with one attached hydrogen (secondary N) is 2. The summed E-state index contributed by atoms with van der Waals surface area (Å²) in [4.78, 5) is 39.1. The number of nitrogens with zero attached hydrogens (tertiary/aromatic N) is 6. The molecule has 2 amide bonds. The average molecular weight is 506 g/mol. The molecule has 5 heterocycles. The quantitative estimate of drug-likeness (QED) is 0.484. The highest BCUT2D eigenvalue weighted by molar-refractivity contribution is 6.02. The van der Waals surface area contributed by atoms with Gasteiger partial charge in [-0.05, 0) is 26.3 Å². The van der Waals surface area contributed by atoms with Gasteiger partial charge in [-0.3, -0.25) is 9.30 Å². The second kappa shape index (κ2) is 9.97. The summed E-state index contributed by atoms with van der Waals surface area (Å²) < 4.78 is 33.5. The monoisotopic (exact) mass is 506 g/mol. The van der Waals surface area contributed by atoms with Gasteiger partial charge in [-0.2, -0.15) is 13.2 Å². The zero-order valence-corrected chi connectivity index (χ0v) is 19.6. The molecule has 0 aliphatic carbocycles. The highest BCUT2D eigenvalue weighted by Gasteiger charge is 2.38. The molecular weight excluding hydrogens is 481 g/mol. The first-order chi connectivity index (χ1) is 17.0. The number of amides is 2. The van der Waals surface area contributed by atoms with E-state index < -0.39 is 12.1 Å². The molecule has 11 nitrogen and oxygen atoms in total. The minimum Gasteiger partial charge on any atom is -0.475 e. The number of alkyl halides is 3. The van der Waals surface area contributed by atoms with Gasteiger partial charge in [0.25, 0.3) is 0 Å². The third-order valence-electron chi connectivity index (χ3n) is 5.73. The first-order valence-corrected chi connectivity index (χ1v) is 11.2. The van der Waals surface area contributed by atoms with E-state index in [9.17, 15) is 18.0 Å². The van der Waals surface area contributed by atoms with Crippen LogP contribution < -0.4 is 20.4 Å². The molecule has 14 heteroatoms. The molecule has 192 valence electrons. The van der Waals surface area contributed by atoms with Gasteiger partial charge in [-0.15, -0.1) is 0 Å². The maximum absolute atomic E-state index is 13.0. The number of halogens is 3. The molecular formula is C22H25F3N8O3. The van der Waals surface area contributed by atoms with E-state index in [0.29, 0.717) is 24.1 Å². The van der Waals surface area contributed by atoms with Crippen LogP contribution in [0.25, 0.3) is 5.78 Å². The molecule has 1 fully saturated rings. The third-order valence-corrected chi connectivity index (χ3v) is 5.73. The molecule has 0 saturated carbocycles. The van der Waals surface area contributed by atoms with E-state index >= 15 is 0 Å². The van der Waals surface area contributed by atoms with Gasteiger partial charge in [0.15, 0.2) is 0 Å². The van der Waals surface area contributed by atoms with E-state index in [1.165, 1.54) is 5.69 Å². The van der Waals surface area contributed by atoms with Crippen molar-refractivity contribution in [3.63, 3.8) is 0 Å². The fourth-order valence-corrected chi connectivity index (χ4v) is 4.18. The Morgan fingerprint density at radius 2 is 1.97 bits per heavy atom. The van der Waals surface area contributed by atoms with E-state index in [0.717, 1.165) is 43.1 Å². The second-order valence-corrected chi connectivity index (χ2v) is 8.50. The number of aromatic nitrogens is 4. The number of carbonyl (C=O) groups excluding carboxylic acids is 1. The molecule has 5 rings (SSSR count). The number of carboxylic acid groups (broad SMARTS) is 1. The summed E-state index contributed by atoms with van der Waals surface area (Å²) in [6, 6.07) is 2.32. The normalized spacial score (nSPS) is 17.4. The molecule has 36 heavy (non-hydrogen) atoms. The van der Waals surface area contributed by atoms with Crippen LogP contribution in [0.1, 0.15) is 18.2 Å². The van der Waals surface area contributed by atoms with Crippen molar-refractivity contribution in [2.75, 3.05) is 41.3 Å². The van der Waals surface area contributed by atoms with Crippen molar-refractivity contribution in [1.29, 1.82) is 0 Å². The third kappa shape index (κ3) is 5.48. The molecule has 1 saturated heterocycles. The van der Waals surface area contributed by atoms with Gasteiger partial charge in [0.2, 0.25) is 5.78 Å². The van der Waals surface area contributed by atoms with Gasteiger partial charge in [0, 0.05) is 62.1 Å². The molecule has 0 aromatic carbocycles. The van der Waals surface area contributed by atoms with Crippen molar-refractivity contribution in [2.45, 2.75) is 32.5 Å². The number of anilines is 3. The number of carbonyl (C=O) groups is 2. The number of urea groups is 1. The topological polar surface area (TPSA) is 128 Å². The predicted molar refractivity (Wildman–Crippen MR) is 125 cm³/mol. The average Bonchev–Trinajstić information content (AvgIpc) is 3.41. The van der Waals surface area contributed by atoms with Crippen LogP contribution in [0.2, 0.25) is 0 Å². The molecule has 3 aromatic heterocycles. The number of imidazole rings is 1. The van der Waals surface area contributed by atoms with Gasteiger partial charge < -0.3 is 20.6 Å². The number of piperazine rings is 1. The first-order valence-electron chi connectivity index (χ1n) is 11.2. The lowest BCUT2D eigenvalue weighted by Gasteiger charge is -2.34. The Kier molecular flexibility index (Phi) is 6.97. The van der Waals surface area contributed by atoms with Gasteiger partial charge in [0.05, 0.1) is 17.6 Å². The number of pyridine rings is 1. The zero-order chi connectivity index (χ0) is 26.0. The van der Waals surface area contributed by atoms with E-state index in [4.69, 9.17) is 9.90 Å². The summed E-state index contributed by atoms with van der Waals surface area (Å²) in [5.74, 6) is -1.39. The molecule has 0 bridgehead atoms. The van der Waals surface area contributed by atoms with Gasteiger partial charge in [-0.25, -0.2) is 24.5 Å². The van der Waals surface area contributed by atoms with Gasteiger partial charge >= 0.3 is 18.2 Å². The Morgan fingerprint density at radius 3 is 2.67 bits per heavy atom. The lowest BCUT2D eigenvalue weighted by Crippen LogP contribution is -2.49. The Labute approximate surface area is 204 Å². The van der Waals surface area contributed by atoms with E-state index in [2.05, 4.69) is 43.5 Å². The Morgan fingerprint density at radius 1 is 1.22 bits per heavy atom. The van der Waals surface area contributed by atoms with E-state index in [1.807, 2.05) is 23.7 Å². The van der Waals surface area contributed by atoms with E-state index in [1.54, 1.807) is 17.3 Å². The van der Waals surface area contributed by atoms with Crippen molar-refractivity contribution < 1.29 is 27.9 Å². The Bertz CT molecular complexity index is 1280. The number of carboxylic acids is 1. The number of aryl methyl sites for hydroxylation is 1. The van der Waals surface area contributed by atoms with Crippen molar-refractivity contribution >= 4 is 35.0 Å². The minimum absolute atomic E-state index is 0.194. The van der Waals surface area contributed by atoms with Gasteiger partial charge in [0.1, 0.15) is 5.82 Å². The van der Waals surface area contributed by atoms with Crippen LogP contribution in [0.15, 0.2) is 30.9 Å². The molecule has 2 aliphatic rings. The fraction of sp³-hybridized carbons (Fsp3) is 0.409. The van der Waals surface area contributed by atoms with Crippen LogP contribution >= 0.6 is 0 Å². The molecule has 3 aromatic rings. The maximum Gasteiger partial charge on any atom is 0.490 e. The summed E-state index contributed by atoms with van der Waals surface area (Å²) in [5.41, 5.74) is 3.85. The van der Waals surface area contributed by atoms with Crippen LogP contribution in [0.3, 0.4) is 0 Å². The fourth-order valence-electron chi connectivity index (χ4n) is 4.18. The van der Waals surface area contributed by atoms with Crippen LogP contribution in [0.4, 0.5) is 35.2 Å². The van der Waals surface area contributed by atoms with Crippen molar-refractivity contribution in [3.8, 4) is 0 Å². The lowest BCUT2D eigenvalue weighted by molar-refractivity contribution is -0.192. The number of hydrogen-bond acceptors (Lipinski definition) is 7. The predicted octanol–water partition coefficient (Wildman–Crippen LogP) is 2.46. The maximum atomic E-state index is 13.0. The van der Waals surface area contributed by atoms with Crippen LogP contribution in [0, 0.1) is 6.92 Å². The number of aliphatic carboxylic acids is 1. The first kappa shape index (κ1) is 25.2. The molecule has 2 aliphatic heterocycles. The standard InChI is InChI=1S/C20H24N8O.C2HF3O2/c1-13-10-26(8-6-21-13)17-3-5-22-18-16(17)4-7-28(18)20(29)25-15-9-23-19-24-14(2)11-27(19)12-15;3-2(4,5)1(6)7/h3,5,9,11-13,21H,4,6-8,10H2,1-2H3,(H,25,29);(H,6,7)/t13-;/m0./s1. The second-order valence-electron chi connectivity index (χ2n) is 8.50. The highest BCUT2D eigenvalue weighted by Crippen LogP contribution is 2.34. The number of rotatable bonds is 2. The molecule has 0 radical (unpaired) electrons. The Balaban J connectivity index is 0.000000384. The smallest absolute Gasteiger partial charge is 0.475 e. The van der Waals surface area contributed by atoms with Crippen molar-refractivity contribution in [3.05, 3.63) is 42.1 Å². The van der Waals surface area contributed by atoms with E-state index in [-0.39, 0.29) is 6.03 Å². The summed E-state index contributed by atoms with van der Waals surface area (Å²) >= 11 is 0. The molecule has 0 spiro atoms. The van der Waals surface area contributed by atoms with Gasteiger partial charge in [-0.1, -0.05) is 0 Å². The van der Waals surface area contributed by atoms with Crippen molar-refractivity contribution in [2.24, 2.45) is 0 Å². The SMILES string of the molecule is Cc1cn2cc(NC(=O)N3CCc4c(N5CCN[C@@H](C)C5)ccnc43)cnc2n1.O=C(O)C(F)(F)F. The van der Waals surface area contributed by atoms with Crippen LogP contribution in [-0.4, -0.2) is 74.9 Å².